The van der Waals surface area contributed by atoms with E-state index in [0.29, 0.717) is 6.61 Å². The maximum absolute atomic E-state index is 5.73. The van der Waals surface area contributed by atoms with Crippen LogP contribution in [-0.4, -0.2) is 26.9 Å². The van der Waals surface area contributed by atoms with Crippen LogP contribution in [0.5, 0.6) is 5.75 Å². The molecule has 0 saturated heterocycles. The first-order valence-electron chi connectivity index (χ1n) is 7.30. The molecule has 0 heterocycles. The standard InChI is InChI=1S/C18H23NO2/c1-15-5-3-4-6-18(15)19-12-14-21-17-9-7-16(8-10-17)11-13-20-2/h3-10,19H,11-14H2,1-2H3. The van der Waals surface area contributed by atoms with E-state index < -0.39 is 0 Å². The van der Waals surface area contributed by atoms with E-state index in [0.717, 1.165) is 31.0 Å². The van der Waals surface area contributed by atoms with Crippen molar-refractivity contribution in [3.05, 3.63) is 59.7 Å². The molecule has 2 aromatic carbocycles. The molecule has 1 N–H and O–H groups in total. The van der Waals surface area contributed by atoms with Crippen LogP contribution in [-0.2, 0) is 11.2 Å². The summed E-state index contributed by atoms with van der Waals surface area (Å²) in [6, 6.07) is 16.5. The highest BCUT2D eigenvalue weighted by atomic mass is 16.5. The first-order valence-corrected chi connectivity index (χ1v) is 7.30. The average molecular weight is 285 g/mol. The Balaban J connectivity index is 1.72. The number of ether oxygens (including phenoxy) is 2. The first kappa shape index (κ1) is 15.4. The van der Waals surface area contributed by atoms with Gasteiger partial charge in [-0.3, -0.25) is 0 Å². The number of aryl methyl sites for hydroxylation is 1. The molecule has 0 bridgehead atoms. The van der Waals surface area contributed by atoms with Crippen molar-refractivity contribution in [2.24, 2.45) is 0 Å². The number of rotatable bonds is 8. The fourth-order valence-corrected chi connectivity index (χ4v) is 2.10. The number of hydrogen-bond donors (Lipinski definition) is 1. The van der Waals surface area contributed by atoms with E-state index in [-0.39, 0.29) is 0 Å². The van der Waals surface area contributed by atoms with E-state index in [4.69, 9.17) is 9.47 Å². The molecule has 3 heteroatoms. The smallest absolute Gasteiger partial charge is 0.119 e. The van der Waals surface area contributed by atoms with Gasteiger partial charge in [-0.15, -0.1) is 0 Å². The molecular formula is C18H23NO2. The molecule has 0 aromatic heterocycles. The quantitative estimate of drug-likeness (QED) is 0.751. The molecule has 0 aliphatic rings. The Morgan fingerprint density at radius 3 is 2.43 bits per heavy atom. The summed E-state index contributed by atoms with van der Waals surface area (Å²) in [6.45, 7) is 4.28. The van der Waals surface area contributed by atoms with Crippen molar-refractivity contribution in [3.63, 3.8) is 0 Å². The summed E-state index contributed by atoms with van der Waals surface area (Å²) >= 11 is 0. The van der Waals surface area contributed by atoms with Gasteiger partial charge in [0.25, 0.3) is 0 Å². The maximum Gasteiger partial charge on any atom is 0.119 e. The van der Waals surface area contributed by atoms with Crippen LogP contribution in [0.4, 0.5) is 5.69 Å². The van der Waals surface area contributed by atoms with Crippen molar-refractivity contribution < 1.29 is 9.47 Å². The number of anilines is 1. The van der Waals surface area contributed by atoms with Crippen LogP contribution >= 0.6 is 0 Å². The topological polar surface area (TPSA) is 30.5 Å². The van der Waals surface area contributed by atoms with Gasteiger partial charge in [-0.2, -0.15) is 0 Å². The van der Waals surface area contributed by atoms with Gasteiger partial charge in [-0.1, -0.05) is 30.3 Å². The lowest BCUT2D eigenvalue weighted by atomic mass is 10.1. The minimum atomic E-state index is 0.645. The van der Waals surface area contributed by atoms with Gasteiger partial charge in [-0.25, -0.2) is 0 Å². The van der Waals surface area contributed by atoms with Crippen molar-refractivity contribution in [1.82, 2.24) is 0 Å². The van der Waals surface area contributed by atoms with Crippen LogP contribution in [0.2, 0.25) is 0 Å². The minimum Gasteiger partial charge on any atom is -0.492 e. The third-order valence-corrected chi connectivity index (χ3v) is 3.35. The minimum absolute atomic E-state index is 0.645. The Morgan fingerprint density at radius 1 is 0.952 bits per heavy atom. The zero-order valence-electron chi connectivity index (χ0n) is 12.8. The van der Waals surface area contributed by atoms with Crippen LogP contribution in [0.15, 0.2) is 48.5 Å². The van der Waals surface area contributed by atoms with E-state index in [1.807, 2.05) is 24.3 Å². The molecule has 2 aromatic rings. The molecule has 112 valence electrons. The highest BCUT2D eigenvalue weighted by molar-refractivity contribution is 5.50. The lowest BCUT2D eigenvalue weighted by Crippen LogP contribution is -2.12. The number of hydrogen-bond acceptors (Lipinski definition) is 3. The van der Waals surface area contributed by atoms with E-state index in [2.05, 4.69) is 36.5 Å². The van der Waals surface area contributed by atoms with Gasteiger partial charge >= 0.3 is 0 Å². The highest BCUT2D eigenvalue weighted by Gasteiger charge is 1.98. The largest absolute Gasteiger partial charge is 0.492 e. The van der Waals surface area contributed by atoms with Gasteiger partial charge in [0.1, 0.15) is 12.4 Å². The zero-order valence-corrected chi connectivity index (χ0v) is 12.8. The van der Waals surface area contributed by atoms with Crippen molar-refractivity contribution in [3.8, 4) is 5.75 Å². The molecule has 0 radical (unpaired) electrons. The van der Waals surface area contributed by atoms with Crippen LogP contribution in [0.3, 0.4) is 0 Å². The SMILES string of the molecule is COCCc1ccc(OCCNc2ccccc2C)cc1. The summed E-state index contributed by atoms with van der Waals surface area (Å²) in [6.07, 6.45) is 0.936. The molecular weight excluding hydrogens is 262 g/mol. The van der Waals surface area contributed by atoms with Gasteiger partial charge in [0.15, 0.2) is 0 Å². The summed E-state index contributed by atoms with van der Waals surface area (Å²) in [7, 11) is 1.72. The summed E-state index contributed by atoms with van der Waals surface area (Å²) in [5, 5.41) is 3.38. The lowest BCUT2D eigenvalue weighted by molar-refractivity contribution is 0.202. The molecule has 0 atom stereocenters. The summed E-state index contributed by atoms with van der Waals surface area (Å²) in [5.74, 6) is 0.905. The number of para-hydroxylation sites is 1. The second-order valence-electron chi connectivity index (χ2n) is 4.98. The molecule has 3 nitrogen and oxygen atoms in total. The fourth-order valence-electron chi connectivity index (χ4n) is 2.10. The molecule has 0 saturated carbocycles. The Kier molecular flexibility index (Phi) is 6.10. The Bertz CT molecular complexity index is 537. The molecule has 0 amide bonds. The Labute approximate surface area is 126 Å². The second kappa shape index (κ2) is 8.32. The summed E-state index contributed by atoms with van der Waals surface area (Å²) in [4.78, 5) is 0. The molecule has 0 aliphatic heterocycles. The van der Waals surface area contributed by atoms with E-state index in [1.54, 1.807) is 7.11 Å². The van der Waals surface area contributed by atoms with E-state index in [1.165, 1.54) is 11.1 Å². The number of benzene rings is 2. The van der Waals surface area contributed by atoms with Gasteiger partial charge < -0.3 is 14.8 Å². The molecule has 21 heavy (non-hydrogen) atoms. The van der Waals surface area contributed by atoms with Crippen LogP contribution < -0.4 is 10.1 Å². The van der Waals surface area contributed by atoms with Crippen LogP contribution in [0.1, 0.15) is 11.1 Å². The lowest BCUT2D eigenvalue weighted by Gasteiger charge is -2.11. The second-order valence-corrected chi connectivity index (χ2v) is 4.98. The third-order valence-electron chi connectivity index (χ3n) is 3.35. The summed E-state index contributed by atoms with van der Waals surface area (Å²) < 4.78 is 10.8. The predicted molar refractivity (Wildman–Crippen MR) is 87.2 cm³/mol. The van der Waals surface area contributed by atoms with Crippen molar-refractivity contribution in [1.29, 1.82) is 0 Å². The molecule has 0 aliphatic carbocycles. The Morgan fingerprint density at radius 2 is 1.71 bits per heavy atom. The maximum atomic E-state index is 5.73. The molecule has 0 fully saturated rings. The van der Waals surface area contributed by atoms with Crippen LogP contribution in [0, 0.1) is 6.92 Å². The normalized spacial score (nSPS) is 10.4. The zero-order chi connectivity index (χ0) is 14.9. The van der Waals surface area contributed by atoms with Gasteiger partial charge in [0, 0.05) is 19.3 Å². The molecule has 0 spiro atoms. The van der Waals surface area contributed by atoms with E-state index >= 15 is 0 Å². The van der Waals surface area contributed by atoms with E-state index in [9.17, 15) is 0 Å². The third kappa shape index (κ3) is 5.12. The predicted octanol–water partition coefficient (Wildman–Crippen LogP) is 3.67. The molecule has 2 rings (SSSR count). The van der Waals surface area contributed by atoms with Crippen molar-refractivity contribution in [2.75, 3.05) is 32.2 Å². The highest BCUT2D eigenvalue weighted by Crippen LogP contribution is 2.14. The Hall–Kier alpha value is -2.00. The van der Waals surface area contributed by atoms with Gasteiger partial charge in [-0.05, 0) is 42.7 Å². The van der Waals surface area contributed by atoms with Gasteiger partial charge in [0.2, 0.25) is 0 Å². The summed E-state index contributed by atoms with van der Waals surface area (Å²) in [5.41, 5.74) is 3.68. The van der Waals surface area contributed by atoms with Crippen LogP contribution in [0.25, 0.3) is 0 Å². The number of methoxy groups -OCH3 is 1. The molecule has 0 unspecified atom stereocenters. The van der Waals surface area contributed by atoms with Gasteiger partial charge in [0.05, 0.1) is 6.61 Å². The fraction of sp³-hybridized carbons (Fsp3) is 0.333. The van der Waals surface area contributed by atoms with Crippen molar-refractivity contribution in [2.45, 2.75) is 13.3 Å². The van der Waals surface area contributed by atoms with Crippen molar-refractivity contribution >= 4 is 5.69 Å². The number of nitrogens with one attached hydrogen (secondary N) is 1. The monoisotopic (exact) mass is 285 g/mol. The average Bonchev–Trinajstić information content (AvgIpc) is 2.52. The first-order chi connectivity index (χ1) is 10.3.